The van der Waals surface area contributed by atoms with Gasteiger partial charge < -0.3 is 26.4 Å². The topological polar surface area (TPSA) is 157 Å². The van der Waals surface area contributed by atoms with Crippen molar-refractivity contribution in [1.82, 2.24) is 16.0 Å². The molecule has 1 aliphatic carbocycles. The molecule has 1 saturated heterocycles. The molecule has 10 nitrogen and oxygen atoms in total. The SMILES string of the molecule is NC(=O)C(=O)[C@H](C[C@@H]1CCNC1=O)NC(=O)[C@H](CC1CCCCC1)NC(=O)OC(Cc1cccc(Cl)c1)c1ccccc1. The van der Waals surface area contributed by atoms with Crippen LogP contribution in [0.15, 0.2) is 54.6 Å². The molecule has 2 aliphatic rings. The van der Waals surface area contributed by atoms with Gasteiger partial charge in [0.2, 0.25) is 17.6 Å². The van der Waals surface area contributed by atoms with Gasteiger partial charge >= 0.3 is 6.09 Å². The van der Waals surface area contributed by atoms with Crippen LogP contribution >= 0.6 is 11.6 Å². The highest BCUT2D eigenvalue weighted by atomic mass is 35.5. The average molecular weight is 611 g/mol. The number of hydrogen-bond donors (Lipinski definition) is 4. The maximum atomic E-state index is 13.6. The number of carbonyl (C=O) groups is 5. The fourth-order valence-corrected chi connectivity index (χ4v) is 6.11. The Morgan fingerprint density at radius 2 is 1.67 bits per heavy atom. The van der Waals surface area contributed by atoms with Crippen LogP contribution in [0.25, 0.3) is 0 Å². The summed E-state index contributed by atoms with van der Waals surface area (Å²) in [5.74, 6) is -3.42. The second kappa shape index (κ2) is 15.5. The lowest BCUT2D eigenvalue weighted by Crippen LogP contribution is -2.54. The minimum Gasteiger partial charge on any atom is -0.441 e. The summed E-state index contributed by atoms with van der Waals surface area (Å²) in [6.45, 7) is 0.449. The summed E-state index contributed by atoms with van der Waals surface area (Å²) < 4.78 is 5.90. The van der Waals surface area contributed by atoms with Gasteiger partial charge in [0.05, 0.1) is 6.04 Å². The highest BCUT2D eigenvalue weighted by Gasteiger charge is 2.36. The smallest absolute Gasteiger partial charge is 0.408 e. The molecule has 230 valence electrons. The van der Waals surface area contributed by atoms with Gasteiger partial charge in [0, 0.05) is 23.9 Å². The quantitative estimate of drug-likeness (QED) is 0.253. The normalized spacial score (nSPS) is 19.0. The standard InChI is InChI=1S/C32H39ClN4O6/c33-24-13-7-10-21(16-24)18-27(22-11-5-2-6-12-22)43-32(42)37-26(17-20-8-3-1-4-9-20)31(41)36-25(28(38)29(34)39)19-23-14-15-35-30(23)40/h2,5-7,10-13,16,20,23,25-27H,1,3-4,8-9,14-15,17-19H2,(H2,34,39)(H,35,40)(H,36,41)(H,37,42)/t23-,25-,26-,27?/m0/s1. The highest BCUT2D eigenvalue weighted by molar-refractivity contribution is 6.38. The lowest BCUT2D eigenvalue weighted by molar-refractivity contribution is -0.139. The van der Waals surface area contributed by atoms with Crippen molar-refractivity contribution in [1.29, 1.82) is 0 Å². The zero-order valence-electron chi connectivity index (χ0n) is 24.1. The van der Waals surface area contributed by atoms with E-state index in [0.717, 1.165) is 43.2 Å². The predicted molar refractivity (Wildman–Crippen MR) is 161 cm³/mol. The first-order chi connectivity index (χ1) is 20.7. The van der Waals surface area contributed by atoms with Crippen molar-refractivity contribution < 1.29 is 28.7 Å². The van der Waals surface area contributed by atoms with Crippen LogP contribution in [0.3, 0.4) is 0 Å². The number of nitrogens with two attached hydrogens (primary N) is 1. The number of benzene rings is 2. The van der Waals surface area contributed by atoms with Gasteiger partial charge in [-0.05, 0) is 48.4 Å². The summed E-state index contributed by atoms with van der Waals surface area (Å²) in [4.78, 5) is 63.6. The number of alkyl carbamates (subject to hydrolysis) is 1. The van der Waals surface area contributed by atoms with Crippen molar-refractivity contribution in [3.8, 4) is 0 Å². The number of nitrogens with one attached hydrogen (secondary N) is 3. The summed E-state index contributed by atoms with van der Waals surface area (Å²) in [5, 5.41) is 8.60. The van der Waals surface area contributed by atoms with Crippen LogP contribution in [0, 0.1) is 11.8 Å². The van der Waals surface area contributed by atoms with Crippen LogP contribution in [0.1, 0.15) is 68.6 Å². The van der Waals surface area contributed by atoms with E-state index in [9.17, 15) is 24.0 Å². The number of primary amides is 1. The molecule has 0 radical (unpaired) electrons. The minimum atomic E-state index is -1.29. The summed E-state index contributed by atoms with van der Waals surface area (Å²) in [7, 11) is 0. The fraction of sp³-hybridized carbons (Fsp3) is 0.469. The first-order valence-corrected chi connectivity index (χ1v) is 15.3. The number of rotatable bonds is 13. The second-order valence-corrected chi connectivity index (χ2v) is 11.8. The van der Waals surface area contributed by atoms with Crippen LogP contribution in [-0.2, 0) is 30.3 Å². The lowest BCUT2D eigenvalue weighted by Gasteiger charge is -2.28. The van der Waals surface area contributed by atoms with Crippen molar-refractivity contribution in [3.05, 3.63) is 70.7 Å². The van der Waals surface area contributed by atoms with Gasteiger partial charge in [-0.25, -0.2) is 4.79 Å². The molecule has 2 aromatic carbocycles. The molecule has 4 atom stereocenters. The Kier molecular flexibility index (Phi) is 11.6. The molecule has 0 aromatic heterocycles. The molecule has 0 spiro atoms. The summed E-state index contributed by atoms with van der Waals surface area (Å²) in [6.07, 6.45) is 4.64. The third-order valence-electron chi connectivity index (χ3n) is 8.19. The molecular formula is C32H39ClN4O6. The van der Waals surface area contributed by atoms with Crippen LogP contribution in [-0.4, -0.2) is 48.2 Å². The van der Waals surface area contributed by atoms with E-state index >= 15 is 0 Å². The zero-order chi connectivity index (χ0) is 30.8. The van der Waals surface area contributed by atoms with Crippen molar-refractivity contribution >= 4 is 41.2 Å². The molecule has 1 heterocycles. The second-order valence-electron chi connectivity index (χ2n) is 11.4. The number of amides is 4. The fourth-order valence-electron chi connectivity index (χ4n) is 5.90. The Hall–Kier alpha value is -3.92. The number of Topliss-reactive ketones (excluding diaryl/α,β-unsaturated/α-hetero) is 1. The largest absolute Gasteiger partial charge is 0.441 e. The number of ether oxygens (including phenoxy) is 1. The maximum Gasteiger partial charge on any atom is 0.408 e. The lowest BCUT2D eigenvalue weighted by atomic mass is 9.84. The predicted octanol–water partition coefficient (Wildman–Crippen LogP) is 3.75. The number of carbonyl (C=O) groups excluding carboxylic acids is 5. The van der Waals surface area contributed by atoms with E-state index in [1.165, 1.54) is 0 Å². The molecule has 0 bridgehead atoms. The molecule has 43 heavy (non-hydrogen) atoms. The molecule has 1 saturated carbocycles. The maximum absolute atomic E-state index is 13.6. The molecule has 11 heteroatoms. The van der Waals surface area contributed by atoms with E-state index in [0.29, 0.717) is 30.8 Å². The van der Waals surface area contributed by atoms with Crippen LogP contribution in [0.2, 0.25) is 5.02 Å². The highest BCUT2D eigenvalue weighted by Crippen LogP contribution is 2.28. The summed E-state index contributed by atoms with van der Waals surface area (Å²) >= 11 is 6.18. The molecular weight excluding hydrogens is 572 g/mol. The van der Waals surface area contributed by atoms with Gasteiger partial charge in [-0.2, -0.15) is 0 Å². The van der Waals surface area contributed by atoms with Crippen molar-refractivity contribution in [2.24, 2.45) is 17.6 Å². The molecule has 1 aliphatic heterocycles. The molecule has 5 N–H and O–H groups in total. The van der Waals surface area contributed by atoms with Gasteiger partial charge in [-0.15, -0.1) is 0 Å². The number of halogens is 1. The number of hydrogen-bond acceptors (Lipinski definition) is 6. The van der Waals surface area contributed by atoms with Gasteiger partial charge in [0.25, 0.3) is 5.91 Å². The van der Waals surface area contributed by atoms with Crippen LogP contribution in [0.4, 0.5) is 4.79 Å². The molecule has 4 amide bonds. The van der Waals surface area contributed by atoms with E-state index in [4.69, 9.17) is 22.1 Å². The van der Waals surface area contributed by atoms with Crippen molar-refractivity contribution in [2.45, 2.75) is 76.0 Å². The monoisotopic (exact) mass is 610 g/mol. The molecule has 2 aromatic rings. The Bertz CT molecular complexity index is 1300. The summed E-state index contributed by atoms with van der Waals surface area (Å²) in [5.41, 5.74) is 6.91. The van der Waals surface area contributed by atoms with Gasteiger partial charge in [0.1, 0.15) is 12.1 Å². The van der Waals surface area contributed by atoms with E-state index in [1.54, 1.807) is 12.1 Å². The average Bonchev–Trinajstić information content (AvgIpc) is 3.40. The van der Waals surface area contributed by atoms with Gasteiger partial charge in [0.15, 0.2) is 0 Å². The summed E-state index contributed by atoms with van der Waals surface area (Å²) in [6, 6.07) is 14.2. The Labute approximate surface area is 256 Å². The Morgan fingerprint density at radius 1 is 0.930 bits per heavy atom. The molecule has 4 rings (SSSR count). The van der Waals surface area contributed by atoms with Gasteiger partial charge in [-0.1, -0.05) is 86.2 Å². The zero-order valence-corrected chi connectivity index (χ0v) is 24.8. The first-order valence-electron chi connectivity index (χ1n) is 14.9. The molecule has 1 unspecified atom stereocenters. The van der Waals surface area contributed by atoms with E-state index in [-0.39, 0.29) is 18.2 Å². The van der Waals surface area contributed by atoms with Crippen LogP contribution in [0.5, 0.6) is 0 Å². The van der Waals surface area contributed by atoms with Crippen LogP contribution < -0.4 is 21.7 Å². The third kappa shape index (κ3) is 9.54. The van der Waals surface area contributed by atoms with E-state index in [1.807, 2.05) is 42.5 Å². The molecule has 2 fully saturated rings. The minimum absolute atomic E-state index is 0.0599. The van der Waals surface area contributed by atoms with Crippen molar-refractivity contribution in [3.63, 3.8) is 0 Å². The van der Waals surface area contributed by atoms with Gasteiger partial charge in [-0.3, -0.25) is 19.2 Å². The Morgan fingerprint density at radius 3 is 2.33 bits per heavy atom. The number of ketones is 1. The first kappa shape index (κ1) is 32.0. The van der Waals surface area contributed by atoms with E-state index in [2.05, 4.69) is 16.0 Å². The Balaban J connectivity index is 1.51. The third-order valence-corrected chi connectivity index (χ3v) is 8.43. The van der Waals surface area contributed by atoms with E-state index < -0.39 is 47.8 Å². The van der Waals surface area contributed by atoms with Crippen molar-refractivity contribution in [2.75, 3.05) is 6.54 Å².